The van der Waals surface area contributed by atoms with Crippen LogP contribution in [0.15, 0.2) is 42.5 Å². The molecule has 0 radical (unpaired) electrons. The van der Waals surface area contributed by atoms with Gasteiger partial charge in [0.25, 0.3) is 0 Å². The minimum absolute atomic E-state index is 0.244. The van der Waals surface area contributed by atoms with Crippen molar-refractivity contribution in [2.45, 2.75) is 0 Å². The maximum absolute atomic E-state index is 10.7. The van der Waals surface area contributed by atoms with Crippen molar-refractivity contribution in [1.82, 2.24) is 4.98 Å². The van der Waals surface area contributed by atoms with Crippen molar-refractivity contribution in [1.29, 1.82) is 0 Å². The molecule has 20 heavy (non-hydrogen) atoms. The van der Waals surface area contributed by atoms with Gasteiger partial charge in [0.2, 0.25) is 12.7 Å². The quantitative estimate of drug-likeness (QED) is 0.864. The third kappa shape index (κ3) is 2.47. The van der Waals surface area contributed by atoms with E-state index in [1.54, 1.807) is 12.1 Å². The predicted molar refractivity (Wildman–Crippen MR) is 74.0 cm³/mol. The number of rotatable bonds is 3. The Morgan fingerprint density at radius 2 is 2.05 bits per heavy atom. The first-order valence-corrected chi connectivity index (χ1v) is 6.07. The third-order valence-electron chi connectivity index (χ3n) is 2.86. The summed E-state index contributed by atoms with van der Waals surface area (Å²) in [6.07, 6.45) is 2.87. The number of fused-ring (bicyclic) bond motifs is 1. The fraction of sp³-hybridized carbons (Fsp3) is 0.0667. The number of primary amides is 1. The van der Waals surface area contributed by atoms with Crippen LogP contribution >= 0.6 is 0 Å². The lowest BCUT2D eigenvalue weighted by Crippen LogP contribution is -2.05. The smallest absolute Gasteiger partial charge is 0.241 e. The van der Waals surface area contributed by atoms with Gasteiger partial charge in [-0.05, 0) is 36.4 Å². The van der Waals surface area contributed by atoms with E-state index in [4.69, 9.17) is 15.2 Å². The summed E-state index contributed by atoms with van der Waals surface area (Å²) in [6.45, 7) is 0.244. The van der Waals surface area contributed by atoms with Gasteiger partial charge in [-0.2, -0.15) is 0 Å². The van der Waals surface area contributed by atoms with Gasteiger partial charge in [-0.3, -0.25) is 4.79 Å². The van der Waals surface area contributed by atoms with E-state index in [1.165, 1.54) is 6.08 Å². The second kappa shape index (κ2) is 5.05. The Kier molecular flexibility index (Phi) is 3.09. The van der Waals surface area contributed by atoms with Crippen LogP contribution in [0.2, 0.25) is 0 Å². The van der Waals surface area contributed by atoms with Crippen LogP contribution in [-0.2, 0) is 4.79 Å². The molecule has 0 saturated carbocycles. The van der Waals surface area contributed by atoms with E-state index in [2.05, 4.69) is 4.98 Å². The molecule has 0 saturated heterocycles. The van der Waals surface area contributed by atoms with Gasteiger partial charge in [0.05, 0.1) is 11.4 Å². The number of ether oxygens (including phenoxy) is 2. The molecule has 1 amide bonds. The Bertz CT molecular complexity index is 695. The molecule has 2 heterocycles. The van der Waals surface area contributed by atoms with Crippen molar-refractivity contribution in [3.63, 3.8) is 0 Å². The summed E-state index contributed by atoms with van der Waals surface area (Å²) in [7, 11) is 0. The maximum Gasteiger partial charge on any atom is 0.241 e. The minimum Gasteiger partial charge on any atom is -0.454 e. The number of carbonyl (C=O) groups excluding carboxylic acids is 1. The van der Waals surface area contributed by atoms with E-state index in [1.807, 2.05) is 30.3 Å². The van der Waals surface area contributed by atoms with E-state index in [9.17, 15) is 4.79 Å². The van der Waals surface area contributed by atoms with Gasteiger partial charge in [0, 0.05) is 11.6 Å². The van der Waals surface area contributed by atoms with E-state index in [0.717, 1.165) is 17.0 Å². The first-order valence-electron chi connectivity index (χ1n) is 6.07. The molecule has 0 spiro atoms. The molecule has 1 aliphatic heterocycles. The summed E-state index contributed by atoms with van der Waals surface area (Å²) < 4.78 is 10.6. The van der Waals surface area contributed by atoms with E-state index < -0.39 is 5.91 Å². The van der Waals surface area contributed by atoms with Crippen molar-refractivity contribution < 1.29 is 14.3 Å². The highest BCUT2D eigenvalue weighted by molar-refractivity contribution is 5.90. The van der Waals surface area contributed by atoms with Crippen molar-refractivity contribution in [2.24, 2.45) is 5.73 Å². The van der Waals surface area contributed by atoms with Crippen molar-refractivity contribution >= 4 is 12.0 Å². The number of nitrogens with two attached hydrogens (primary N) is 1. The van der Waals surface area contributed by atoms with Gasteiger partial charge in [-0.1, -0.05) is 6.07 Å². The number of nitrogens with zero attached hydrogens (tertiary/aromatic N) is 1. The molecule has 2 aromatic rings. The number of hydrogen-bond donors (Lipinski definition) is 1. The molecule has 0 unspecified atom stereocenters. The van der Waals surface area contributed by atoms with E-state index in [0.29, 0.717) is 11.4 Å². The number of carbonyl (C=O) groups is 1. The van der Waals surface area contributed by atoms with Gasteiger partial charge in [0.15, 0.2) is 11.5 Å². The Balaban J connectivity index is 1.94. The Labute approximate surface area is 115 Å². The summed E-state index contributed by atoms with van der Waals surface area (Å²) in [6, 6.07) is 11.2. The molecular weight excluding hydrogens is 256 g/mol. The first kappa shape index (κ1) is 12.2. The largest absolute Gasteiger partial charge is 0.454 e. The SMILES string of the molecule is NC(=O)/C=C/c1cccc(-c2ccc3c(c2)OCO3)n1. The lowest BCUT2D eigenvalue weighted by atomic mass is 10.1. The minimum atomic E-state index is -0.500. The van der Waals surface area contributed by atoms with Crippen LogP contribution in [0, 0.1) is 0 Å². The number of aromatic nitrogens is 1. The van der Waals surface area contributed by atoms with Crippen LogP contribution < -0.4 is 15.2 Å². The molecule has 1 aromatic carbocycles. The normalized spacial score (nSPS) is 12.8. The molecule has 3 rings (SSSR count). The van der Waals surface area contributed by atoms with Gasteiger partial charge < -0.3 is 15.2 Å². The summed E-state index contributed by atoms with van der Waals surface area (Å²) in [5.74, 6) is 0.946. The van der Waals surface area contributed by atoms with E-state index in [-0.39, 0.29) is 6.79 Å². The Morgan fingerprint density at radius 3 is 2.90 bits per heavy atom. The van der Waals surface area contributed by atoms with Crippen molar-refractivity contribution in [3.8, 4) is 22.8 Å². The number of pyridine rings is 1. The van der Waals surface area contributed by atoms with Gasteiger partial charge in [0.1, 0.15) is 0 Å². The monoisotopic (exact) mass is 268 g/mol. The number of benzene rings is 1. The van der Waals surface area contributed by atoms with E-state index >= 15 is 0 Å². The molecule has 0 atom stereocenters. The van der Waals surface area contributed by atoms with Crippen molar-refractivity contribution in [3.05, 3.63) is 48.2 Å². The molecule has 0 fully saturated rings. The number of amides is 1. The zero-order valence-electron chi connectivity index (χ0n) is 10.6. The molecule has 2 N–H and O–H groups in total. The zero-order chi connectivity index (χ0) is 13.9. The highest BCUT2D eigenvalue weighted by Gasteiger charge is 2.14. The molecule has 1 aromatic heterocycles. The topological polar surface area (TPSA) is 74.4 Å². The van der Waals surface area contributed by atoms with Crippen LogP contribution in [0.5, 0.6) is 11.5 Å². The van der Waals surface area contributed by atoms with Crippen LogP contribution in [0.3, 0.4) is 0 Å². The molecule has 0 aliphatic carbocycles. The zero-order valence-corrected chi connectivity index (χ0v) is 10.6. The molecule has 1 aliphatic rings. The standard InChI is InChI=1S/C15H12N2O3/c16-15(18)7-5-11-2-1-3-12(17-11)10-4-6-13-14(8-10)20-9-19-13/h1-8H,9H2,(H2,16,18)/b7-5+. The second-order valence-electron chi connectivity index (χ2n) is 4.25. The molecule has 5 nitrogen and oxygen atoms in total. The lowest BCUT2D eigenvalue weighted by Gasteiger charge is -2.03. The Hall–Kier alpha value is -2.82. The second-order valence-corrected chi connectivity index (χ2v) is 4.25. The fourth-order valence-corrected chi connectivity index (χ4v) is 1.93. The predicted octanol–water partition coefficient (Wildman–Crippen LogP) is 1.98. The summed E-state index contributed by atoms with van der Waals surface area (Å²) >= 11 is 0. The maximum atomic E-state index is 10.7. The molecular formula is C15H12N2O3. The summed E-state index contributed by atoms with van der Waals surface area (Å²) in [5.41, 5.74) is 7.44. The highest BCUT2D eigenvalue weighted by Crippen LogP contribution is 2.35. The Morgan fingerprint density at radius 1 is 1.20 bits per heavy atom. The lowest BCUT2D eigenvalue weighted by molar-refractivity contribution is -0.113. The van der Waals surface area contributed by atoms with Gasteiger partial charge in [-0.15, -0.1) is 0 Å². The average Bonchev–Trinajstić information content (AvgIpc) is 2.93. The third-order valence-corrected chi connectivity index (χ3v) is 2.86. The van der Waals surface area contributed by atoms with Crippen LogP contribution in [0.1, 0.15) is 5.69 Å². The molecule has 100 valence electrons. The van der Waals surface area contributed by atoms with Crippen LogP contribution in [0.4, 0.5) is 0 Å². The molecule has 5 heteroatoms. The summed E-state index contributed by atoms with van der Waals surface area (Å²) in [5, 5.41) is 0. The fourth-order valence-electron chi connectivity index (χ4n) is 1.93. The highest BCUT2D eigenvalue weighted by atomic mass is 16.7. The molecule has 0 bridgehead atoms. The average molecular weight is 268 g/mol. The number of hydrogen-bond acceptors (Lipinski definition) is 4. The van der Waals surface area contributed by atoms with Crippen molar-refractivity contribution in [2.75, 3.05) is 6.79 Å². The van der Waals surface area contributed by atoms with Crippen LogP contribution in [0.25, 0.3) is 17.3 Å². The van der Waals surface area contributed by atoms with Crippen LogP contribution in [-0.4, -0.2) is 17.7 Å². The van der Waals surface area contributed by atoms with Gasteiger partial charge >= 0.3 is 0 Å². The summed E-state index contributed by atoms with van der Waals surface area (Å²) in [4.78, 5) is 15.2. The van der Waals surface area contributed by atoms with Gasteiger partial charge in [-0.25, -0.2) is 4.98 Å². The first-order chi connectivity index (χ1) is 9.72.